The van der Waals surface area contributed by atoms with Gasteiger partial charge in [-0.3, -0.25) is 0 Å². The Labute approximate surface area is 120 Å². The van der Waals surface area contributed by atoms with Gasteiger partial charge in [0.2, 0.25) is 10.0 Å². The smallest absolute Gasteiger partial charge is 0.335 e. The molecule has 106 valence electrons. The van der Waals surface area contributed by atoms with Crippen LogP contribution < -0.4 is 10.0 Å². The van der Waals surface area contributed by atoms with Crippen molar-refractivity contribution in [1.29, 1.82) is 0 Å². The Hall–Kier alpha value is -0.960. The fourth-order valence-corrected chi connectivity index (χ4v) is 3.55. The Morgan fingerprint density at radius 1 is 1.37 bits per heavy atom. The van der Waals surface area contributed by atoms with E-state index in [-0.39, 0.29) is 14.9 Å². The molecular formula is C11H15BrN2O4S. The molecular weight excluding hydrogens is 336 g/mol. The van der Waals surface area contributed by atoms with Crippen molar-refractivity contribution in [3.8, 4) is 0 Å². The van der Waals surface area contributed by atoms with Crippen molar-refractivity contribution in [3.63, 3.8) is 0 Å². The average molecular weight is 351 g/mol. The minimum Gasteiger partial charge on any atom is -0.478 e. The Morgan fingerprint density at radius 2 is 2.05 bits per heavy atom. The quantitative estimate of drug-likeness (QED) is 0.638. The van der Waals surface area contributed by atoms with Crippen LogP contribution in [0.3, 0.4) is 0 Å². The highest BCUT2D eigenvalue weighted by Crippen LogP contribution is 2.23. The fraction of sp³-hybridized carbons (Fsp3) is 0.364. The first-order valence-corrected chi connectivity index (χ1v) is 7.83. The highest BCUT2D eigenvalue weighted by Gasteiger charge is 2.18. The molecule has 0 unspecified atom stereocenters. The Kier molecular flexibility index (Phi) is 5.92. The van der Waals surface area contributed by atoms with Crippen molar-refractivity contribution in [2.45, 2.75) is 11.3 Å². The molecule has 0 heterocycles. The highest BCUT2D eigenvalue weighted by molar-refractivity contribution is 9.10. The molecule has 1 aromatic carbocycles. The van der Waals surface area contributed by atoms with Crippen LogP contribution in [0.4, 0.5) is 0 Å². The summed E-state index contributed by atoms with van der Waals surface area (Å²) in [5.41, 5.74) is 0.0287. The van der Waals surface area contributed by atoms with Crippen molar-refractivity contribution in [2.24, 2.45) is 0 Å². The first-order chi connectivity index (χ1) is 8.88. The lowest BCUT2D eigenvalue weighted by molar-refractivity contribution is 0.0696. The molecule has 0 saturated carbocycles. The SMILES string of the molecule is CNCCCNS(=O)(=O)c1ccc(C(=O)O)cc1Br. The minimum atomic E-state index is -3.63. The maximum Gasteiger partial charge on any atom is 0.335 e. The maximum absolute atomic E-state index is 12.0. The van der Waals surface area contributed by atoms with Crippen LogP contribution in [0.2, 0.25) is 0 Å². The second-order valence-corrected chi connectivity index (χ2v) is 6.39. The summed E-state index contributed by atoms with van der Waals surface area (Å²) in [4.78, 5) is 10.8. The van der Waals surface area contributed by atoms with E-state index >= 15 is 0 Å². The molecule has 0 bridgehead atoms. The van der Waals surface area contributed by atoms with Crippen LogP contribution in [-0.2, 0) is 10.0 Å². The number of nitrogens with one attached hydrogen (secondary N) is 2. The highest BCUT2D eigenvalue weighted by atomic mass is 79.9. The van der Waals surface area contributed by atoms with Gasteiger partial charge in [-0.25, -0.2) is 17.9 Å². The summed E-state index contributed by atoms with van der Waals surface area (Å²) >= 11 is 3.08. The first kappa shape index (κ1) is 16.1. The Morgan fingerprint density at radius 3 is 2.58 bits per heavy atom. The zero-order valence-corrected chi connectivity index (χ0v) is 12.7. The number of halogens is 1. The van der Waals surface area contributed by atoms with Gasteiger partial charge in [0.1, 0.15) is 0 Å². The van der Waals surface area contributed by atoms with Crippen LogP contribution in [0.25, 0.3) is 0 Å². The van der Waals surface area contributed by atoms with E-state index < -0.39 is 16.0 Å². The average Bonchev–Trinajstić information content (AvgIpc) is 2.34. The second-order valence-electron chi connectivity index (χ2n) is 3.81. The number of rotatable bonds is 7. The van der Waals surface area contributed by atoms with E-state index in [4.69, 9.17) is 5.11 Å². The topological polar surface area (TPSA) is 95.5 Å². The van der Waals surface area contributed by atoms with Crippen molar-refractivity contribution >= 4 is 31.9 Å². The molecule has 8 heteroatoms. The molecule has 6 nitrogen and oxygen atoms in total. The summed E-state index contributed by atoms with van der Waals surface area (Å²) < 4.78 is 26.7. The summed E-state index contributed by atoms with van der Waals surface area (Å²) in [5, 5.41) is 11.7. The summed E-state index contributed by atoms with van der Waals surface area (Å²) in [6.07, 6.45) is 0.667. The van der Waals surface area contributed by atoms with Gasteiger partial charge in [-0.05, 0) is 54.1 Å². The number of aromatic carboxylic acids is 1. The van der Waals surface area contributed by atoms with Gasteiger partial charge in [-0.1, -0.05) is 0 Å². The van der Waals surface area contributed by atoms with Gasteiger partial charge in [-0.15, -0.1) is 0 Å². The fourth-order valence-electron chi connectivity index (χ4n) is 1.40. The van der Waals surface area contributed by atoms with E-state index in [0.29, 0.717) is 19.5 Å². The molecule has 3 N–H and O–H groups in total. The van der Waals surface area contributed by atoms with Crippen LogP contribution in [0.1, 0.15) is 16.8 Å². The van der Waals surface area contributed by atoms with Crippen LogP contribution in [0.15, 0.2) is 27.6 Å². The molecule has 0 aliphatic carbocycles. The van der Waals surface area contributed by atoms with E-state index in [1.54, 1.807) is 7.05 Å². The zero-order chi connectivity index (χ0) is 14.5. The number of hydrogen-bond acceptors (Lipinski definition) is 4. The summed E-state index contributed by atoms with van der Waals surface area (Å²) in [6, 6.07) is 3.80. The van der Waals surface area contributed by atoms with E-state index in [2.05, 4.69) is 26.0 Å². The summed E-state index contributed by atoms with van der Waals surface area (Å²) in [7, 11) is -1.84. The van der Waals surface area contributed by atoms with Gasteiger partial charge < -0.3 is 10.4 Å². The van der Waals surface area contributed by atoms with E-state index in [1.165, 1.54) is 18.2 Å². The molecule has 0 aliphatic rings. The van der Waals surface area contributed by atoms with Gasteiger partial charge in [0, 0.05) is 11.0 Å². The van der Waals surface area contributed by atoms with Gasteiger partial charge in [0.25, 0.3) is 0 Å². The predicted molar refractivity (Wildman–Crippen MR) is 74.8 cm³/mol. The van der Waals surface area contributed by atoms with Gasteiger partial charge in [0.15, 0.2) is 0 Å². The van der Waals surface area contributed by atoms with E-state index in [9.17, 15) is 13.2 Å². The normalized spacial score (nSPS) is 11.5. The molecule has 1 rings (SSSR count). The van der Waals surface area contributed by atoms with Crippen LogP contribution >= 0.6 is 15.9 Å². The molecule has 0 amide bonds. The van der Waals surface area contributed by atoms with Crippen molar-refractivity contribution in [3.05, 3.63) is 28.2 Å². The summed E-state index contributed by atoms with van der Waals surface area (Å²) in [5.74, 6) is -1.10. The number of carbonyl (C=O) groups is 1. The monoisotopic (exact) mass is 350 g/mol. The lowest BCUT2D eigenvalue weighted by atomic mass is 10.2. The lowest BCUT2D eigenvalue weighted by Gasteiger charge is -2.09. The third kappa shape index (κ3) is 4.57. The molecule has 0 saturated heterocycles. The van der Waals surface area contributed by atoms with Gasteiger partial charge in [0.05, 0.1) is 10.5 Å². The largest absolute Gasteiger partial charge is 0.478 e. The second kappa shape index (κ2) is 6.99. The number of benzene rings is 1. The van der Waals surface area contributed by atoms with Crippen LogP contribution in [-0.4, -0.2) is 39.6 Å². The molecule has 1 aromatic rings. The Bertz CT molecular complexity index is 560. The first-order valence-electron chi connectivity index (χ1n) is 5.55. The number of sulfonamides is 1. The van der Waals surface area contributed by atoms with E-state index in [1.807, 2.05) is 0 Å². The Balaban J connectivity index is 2.87. The molecule has 0 fully saturated rings. The molecule has 19 heavy (non-hydrogen) atoms. The number of hydrogen-bond donors (Lipinski definition) is 3. The summed E-state index contributed by atoms with van der Waals surface area (Å²) in [6.45, 7) is 1.03. The predicted octanol–water partition coefficient (Wildman–Crippen LogP) is 1.04. The zero-order valence-electron chi connectivity index (χ0n) is 10.3. The van der Waals surface area contributed by atoms with Gasteiger partial charge in [-0.2, -0.15) is 0 Å². The number of carboxylic acid groups (broad SMARTS) is 1. The standard InChI is InChI=1S/C11H15BrN2O4S/c1-13-5-2-6-14-19(17,18)10-4-3-8(11(15)16)7-9(10)12/h3-4,7,13-14H,2,5-6H2,1H3,(H,15,16). The van der Waals surface area contributed by atoms with Crippen molar-refractivity contribution in [2.75, 3.05) is 20.1 Å². The molecule has 0 aliphatic heterocycles. The lowest BCUT2D eigenvalue weighted by Crippen LogP contribution is -2.27. The molecule has 0 atom stereocenters. The maximum atomic E-state index is 12.0. The van der Waals surface area contributed by atoms with E-state index in [0.717, 1.165) is 0 Å². The van der Waals surface area contributed by atoms with Crippen molar-refractivity contribution in [1.82, 2.24) is 10.0 Å². The van der Waals surface area contributed by atoms with Crippen molar-refractivity contribution < 1.29 is 18.3 Å². The van der Waals surface area contributed by atoms with Gasteiger partial charge >= 0.3 is 5.97 Å². The molecule has 0 spiro atoms. The minimum absolute atomic E-state index is 0.0287. The molecule has 0 aromatic heterocycles. The van der Waals surface area contributed by atoms with Crippen LogP contribution in [0, 0.1) is 0 Å². The third-order valence-electron chi connectivity index (χ3n) is 2.36. The van der Waals surface area contributed by atoms with Crippen LogP contribution in [0.5, 0.6) is 0 Å². The number of carboxylic acids is 1. The third-order valence-corrected chi connectivity index (χ3v) is 4.80. The molecule has 0 radical (unpaired) electrons.